The smallest absolute Gasteiger partial charge is 0.0732 e. The van der Waals surface area contributed by atoms with E-state index in [1.165, 1.54) is 164 Å². The molecule has 33 rings (SSSR count). The normalized spacial score (nSPS) is 16.3. The van der Waals surface area contributed by atoms with Gasteiger partial charge in [0.05, 0.1) is 10.8 Å². The zero-order chi connectivity index (χ0) is 57.9. The van der Waals surface area contributed by atoms with Crippen molar-refractivity contribution in [3.63, 3.8) is 0 Å². The monoisotopic (exact) mass is 1220 g/mol. The summed E-state index contributed by atoms with van der Waals surface area (Å²) in [6.45, 7) is 4.64. The molecule has 0 unspecified atom stereocenters. The van der Waals surface area contributed by atoms with E-state index in [0.29, 0.717) is 0 Å². The second-order valence-corrected chi connectivity index (χ2v) is 29.7. The maximum Gasteiger partial charge on any atom is 0.0732 e. The van der Waals surface area contributed by atoms with E-state index in [0.717, 1.165) is 25.7 Å². The molecule has 12 aromatic rings. The lowest BCUT2D eigenvalue weighted by molar-refractivity contribution is 0.527. The summed E-state index contributed by atoms with van der Waals surface area (Å²) in [7, 11) is 0. The number of hydrogen-bond donors (Lipinski definition) is 0. The molecule has 6 aromatic heterocycles. The molecule has 27 heterocycles. The van der Waals surface area contributed by atoms with Crippen LogP contribution in [-0.2, 0) is 10.8 Å². The number of rotatable bonds is 10. The minimum Gasteiger partial charge on any atom is -0.139 e. The Morgan fingerprint density at radius 1 is 0.209 bits per heavy atom. The third-order valence-corrected chi connectivity index (χ3v) is 25.3. The third-order valence-electron chi connectivity index (χ3n) is 17.5. The lowest BCUT2D eigenvalue weighted by atomic mass is 9.78. The van der Waals surface area contributed by atoms with Crippen LogP contribution in [0.25, 0.3) is 99.1 Å². The van der Waals surface area contributed by atoms with Crippen LogP contribution in [-0.4, -0.2) is 0 Å². The maximum absolute atomic E-state index is 2.46. The van der Waals surface area contributed by atoms with Crippen molar-refractivity contribution in [2.24, 2.45) is 0 Å². The van der Waals surface area contributed by atoms with Crippen LogP contribution in [0, 0.1) is 0 Å². The molecule has 0 spiro atoms. The van der Waals surface area contributed by atoms with Gasteiger partial charge in [0.2, 0.25) is 0 Å². The second-order valence-electron chi connectivity index (χ2n) is 23.1. The van der Waals surface area contributed by atoms with Crippen molar-refractivity contribution in [3.8, 4) is 62.6 Å². The predicted molar refractivity (Wildman–Crippen MR) is 383 cm³/mol. The van der Waals surface area contributed by atoms with Crippen LogP contribution >= 0.6 is 68.0 Å². The Morgan fingerprint density at radius 3 is 0.570 bits per heavy atom. The molecule has 0 atom stereocenters. The van der Waals surface area contributed by atoms with Gasteiger partial charge in [-0.1, -0.05) is 247 Å². The van der Waals surface area contributed by atoms with Crippen molar-refractivity contribution in [3.05, 3.63) is 281 Å². The molecule has 0 aliphatic carbocycles. The van der Waals surface area contributed by atoms with Gasteiger partial charge < -0.3 is 0 Å². The number of unbranched alkanes of at least 4 members (excludes halogenated alkanes) is 6. The first-order valence-electron chi connectivity index (χ1n) is 30.7. The highest BCUT2D eigenvalue weighted by Gasteiger charge is 2.42. The van der Waals surface area contributed by atoms with E-state index < -0.39 is 0 Å². The van der Waals surface area contributed by atoms with Crippen LogP contribution in [0.4, 0.5) is 0 Å². The minimum atomic E-state index is -0.313. The van der Waals surface area contributed by atoms with Crippen molar-refractivity contribution in [1.82, 2.24) is 0 Å². The van der Waals surface area contributed by atoms with Crippen LogP contribution < -0.4 is 0 Å². The Bertz CT molecular complexity index is 3620. The molecule has 0 saturated heterocycles. The molecule has 6 aromatic carbocycles. The van der Waals surface area contributed by atoms with Crippen molar-refractivity contribution in [1.29, 1.82) is 0 Å². The first-order valence-corrected chi connectivity index (χ1v) is 35.6. The predicted octanol–water partition coefficient (Wildman–Crippen LogP) is 25.8. The maximum atomic E-state index is 2.46. The van der Waals surface area contributed by atoms with Crippen LogP contribution in [0.15, 0.2) is 218 Å². The highest BCUT2D eigenvalue weighted by molar-refractivity contribution is 7.20. The Labute approximate surface area is 532 Å². The molecule has 26 bridgehead atoms. The summed E-state index contributed by atoms with van der Waals surface area (Å²) in [6, 6.07) is 84.3. The van der Waals surface area contributed by atoms with Crippen molar-refractivity contribution >= 4 is 104 Å². The molecule has 6 heteroatoms. The van der Waals surface area contributed by atoms with E-state index in [1.54, 1.807) is 0 Å². The summed E-state index contributed by atoms with van der Waals surface area (Å²) in [6.07, 6.45) is 25.3. The minimum absolute atomic E-state index is 0.313. The van der Waals surface area contributed by atoms with E-state index in [2.05, 4.69) is 269 Å². The zero-order valence-electron chi connectivity index (χ0n) is 48.8. The molecule has 0 saturated carbocycles. The first kappa shape index (κ1) is 56.5. The van der Waals surface area contributed by atoms with Crippen molar-refractivity contribution in [2.45, 2.75) is 88.9 Å². The van der Waals surface area contributed by atoms with Gasteiger partial charge in [0.25, 0.3) is 0 Å². The van der Waals surface area contributed by atoms with Crippen LogP contribution in [0.2, 0.25) is 0 Å². The molecule has 21 aliphatic heterocycles. The zero-order valence-corrected chi connectivity index (χ0v) is 53.7. The lowest BCUT2D eigenvalue weighted by Gasteiger charge is -2.32. The Balaban J connectivity index is 0.951. The molecular formula is C80H68S6. The highest BCUT2D eigenvalue weighted by Crippen LogP contribution is 2.55. The average molecular weight is 1220 g/mol. The van der Waals surface area contributed by atoms with Gasteiger partial charge in [-0.2, -0.15) is 0 Å². The van der Waals surface area contributed by atoms with Gasteiger partial charge >= 0.3 is 0 Å². The lowest BCUT2D eigenvalue weighted by Crippen LogP contribution is -2.26. The topological polar surface area (TPSA) is 0 Å². The van der Waals surface area contributed by atoms with Crippen LogP contribution in [0.1, 0.15) is 141 Å². The Morgan fingerprint density at radius 2 is 0.395 bits per heavy atom. The van der Waals surface area contributed by atoms with Gasteiger partial charge in [-0.25, -0.2) is 0 Å². The molecule has 424 valence electrons. The molecule has 86 heavy (non-hydrogen) atoms. The highest BCUT2D eigenvalue weighted by atomic mass is 32.1. The first-order chi connectivity index (χ1) is 42.4. The van der Waals surface area contributed by atoms with E-state index in [4.69, 9.17) is 0 Å². The number of thiophene rings is 6. The van der Waals surface area contributed by atoms with Gasteiger partial charge in [0, 0.05) is 58.5 Å². The second kappa shape index (κ2) is 25.2. The van der Waals surface area contributed by atoms with E-state index >= 15 is 0 Å². The van der Waals surface area contributed by atoms with Crippen LogP contribution in [0.3, 0.4) is 0 Å². The van der Waals surface area contributed by atoms with E-state index in [1.807, 2.05) is 68.0 Å². The SMILES string of the molecule is CCCCCCC12c3ccc(s3)-c3ccc(cc3)C=Cc3ccc(cc3)-c3ccc(s3)C(CCCCCC)(c3ccc(s3)-c3ccc(cc3)C=Cc3ccc(cc3)-c3ccc1s3)c1ccc(s1)-c1ccc(cc1)/C=C\c1ccc(cc1)-c1ccc2s1. The molecule has 0 N–H and O–H groups in total. The fourth-order valence-corrected chi connectivity index (χ4v) is 20.5. The number of hydrogen-bond acceptors (Lipinski definition) is 6. The molecule has 0 radical (unpaired) electrons. The molecule has 0 amide bonds. The average Bonchev–Trinajstić information content (AvgIpc) is 1.94. The molecular weight excluding hydrogens is 1150 g/mol. The largest absolute Gasteiger partial charge is 0.139 e. The summed E-state index contributed by atoms with van der Waals surface area (Å²) in [5, 5.41) is 0. The molecule has 0 fully saturated rings. The van der Waals surface area contributed by atoms with E-state index in [9.17, 15) is 0 Å². The Kier molecular flexibility index (Phi) is 16.6. The van der Waals surface area contributed by atoms with Gasteiger partial charge in [-0.15, -0.1) is 68.0 Å². The van der Waals surface area contributed by atoms with Gasteiger partial charge in [-0.3, -0.25) is 0 Å². The quantitative estimate of drug-likeness (QED) is 0.120. The fraction of sp³-hybridized carbons (Fsp3) is 0.175. The number of benzene rings is 6. The third kappa shape index (κ3) is 11.5. The summed E-state index contributed by atoms with van der Waals surface area (Å²) in [5.41, 5.74) is 14.1. The molecule has 0 nitrogen and oxygen atoms in total. The van der Waals surface area contributed by atoms with Crippen LogP contribution in [0.5, 0.6) is 0 Å². The summed E-state index contributed by atoms with van der Waals surface area (Å²) >= 11 is 11.9. The summed E-state index contributed by atoms with van der Waals surface area (Å²) < 4.78 is 0. The van der Waals surface area contributed by atoms with Crippen molar-refractivity contribution in [2.75, 3.05) is 0 Å². The van der Waals surface area contributed by atoms with Gasteiger partial charge in [0.1, 0.15) is 0 Å². The van der Waals surface area contributed by atoms with Gasteiger partial charge in [-0.05, 0) is 152 Å². The van der Waals surface area contributed by atoms with Gasteiger partial charge in [0.15, 0.2) is 0 Å². The van der Waals surface area contributed by atoms with Crippen molar-refractivity contribution < 1.29 is 0 Å². The van der Waals surface area contributed by atoms with E-state index in [-0.39, 0.29) is 10.8 Å². The summed E-state index contributed by atoms with van der Waals surface area (Å²) in [4.78, 5) is 16.3. The standard InChI is InChI=1S/C80H68S6/c1-3-5-7-9-53-79-73-47-41-67(81-73)61-29-17-55(18-30-61)11-14-58-23-35-64(36-24-58)70-44-50-76(84-70)80(54-10-8-6-4-2,77-51-45-71(85-77)65-37-25-59(26-38-65)15-12-56-19-31-62(32-20-56)68-42-48-74(79)82-68)78-52-46-72(86-78)66-39-27-60(28-40-66)16-13-57-21-33-63(34-22-57)69-43-49-75(79)83-69/h11-52H,3-10,53-54H2,1-2H3/b14-11-,15-12?,16-13?. The summed E-state index contributed by atoms with van der Waals surface area (Å²) in [5.74, 6) is 0. The fourth-order valence-electron chi connectivity index (χ4n) is 12.6. The molecule has 21 aliphatic rings. The Hall–Kier alpha value is -7.26.